The van der Waals surface area contributed by atoms with Gasteiger partial charge in [-0.2, -0.15) is 0 Å². The standard InChI is InChI=1S/C22H28N4O3S/c1-29-16-6-11-23-20(27)17-25-12-14-26(15-13-25)22(28)19-9-5-10-24-21(19)30-18-7-3-2-4-8-18/h2-5,7-10H,6,11-17H2,1H3,(H,23,27). The first-order valence-electron chi connectivity index (χ1n) is 10.1. The zero-order valence-corrected chi connectivity index (χ0v) is 18.1. The molecule has 0 aliphatic carbocycles. The number of hydrogen-bond acceptors (Lipinski definition) is 6. The molecule has 160 valence electrons. The molecule has 0 atom stereocenters. The Morgan fingerprint density at radius 2 is 1.87 bits per heavy atom. The highest BCUT2D eigenvalue weighted by Gasteiger charge is 2.25. The Kier molecular flexibility index (Phi) is 8.67. The highest BCUT2D eigenvalue weighted by atomic mass is 32.2. The van der Waals surface area contributed by atoms with Crippen molar-refractivity contribution in [2.75, 3.05) is 53.0 Å². The van der Waals surface area contributed by atoms with E-state index in [0.717, 1.165) is 11.3 Å². The van der Waals surface area contributed by atoms with Crippen molar-refractivity contribution in [3.05, 3.63) is 54.2 Å². The second kappa shape index (κ2) is 11.7. The van der Waals surface area contributed by atoms with Gasteiger partial charge in [-0.25, -0.2) is 4.98 Å². The number of nitrogens with zero attached hydrogens (tertiary/aromatic N) is 3. The van der Waals surface area contributed by atoms with E-state index in [-0.39, 0.29) is 11.8 Å². The van der Waals surface area contributed by atoms with Gasteiger partial charge in [0.15, 0.2) is 0 Å². The van der Waals surface area contributed by atoms with Crippen LogP contribution in [0.5, 0.6) is 0 Å². The fourth-order valence-corrected chi connectivity index (χ4v) is 4.11. The second-order valence-corrected chi connectivity index (χ2v) is 8.10. The Hall–Kier alpha value is -2.42. The van der Waals surface area contributed by atoms with E-state index in [4.69, 9.17) is 4.74 Å². The minimum absolute atomic E-state index is 0.00908. The van der Waals surface area contributed by atoms with Crippen molar-refractivity contribution in [2.24, 2.45) is 0 Å². The third-order valence-electron chi connectivity index (χ3n) is 4.83. The molecular weight excluding hydrogens is 400 g/mol. The van der Waals surface area contributed by atoms with Gasteiger partial charge in [0, 0.05) is 57.5 Å². The number of aromatic nitrogens is 1. The van der Waals surface area contributed by atoms with Crippen molar-refractivity contribution in [2.45, 2.75) is 16.3 Å². The van der Waals surface area contributed by atoms with E-state index in [1.807, 2.05) is 41.3 Å². The summed E-state index contributed by atoms with van der Waals surface area (Å²) >= 11 is 1.50. The predicted molar refractivity (Wildman–Crippen MR) is 117 cm³/mol. The van der Waals surface area contributed by atoms with Crippen LogP contribution in [0.25, 0.3) is 0 Å². The summed E-state index contributed by atoms with van der Waals surface area (Å²) in [4.78, 5) is 34.6. The summed E-state index contributed by atoms with van der Waals surface area (Å²) < 4.78 is 4.98. The van der Waals surface area contributed by atoms with E-state index in [1.54, 1.807) is 19.4 Å². The predicted octanol–water partition coefficient (Wildman–Crippen LogP) is 2.14. The van der Waals surface area contributed by atoms with Crippen molar-refractivity contribution < 1.29 is 14.3 Å². The molecule has 8 heteroatoms. The van der Waals surface area contributed by atoms with E-state index < -0.39 is 0 Å². The molecule has 1 aromatic heterocycles. The molecule has 30 heavy (non-hydrogen) atoms. The summed E-state index contributed by atoms with van der Waals surface area (Å²) in [5.41, 5.74) is 0.621. The molecule has 2 aromatic rings. The molecule has 7 nitrogen and oxygen atoms in total. The van der Waals surface area contributed by atoms with Crippen LogP contribution < -0.4 is 5.32 Å². The molecular formula is C22H28N4O3S. The Labute approximate surface area is 181 Å². The van der Waals surface area contributed by atoms with Gasteiger partial charge in [0.25, 0.3) is 5.91 Å². The van der Waals surface area contributed by atoms with Crippen LogP contribution in [0.2, 0.25) is 0 Å². The number of carbonyl (C=O) groups excluding carboxylic acids is 2. The number of piperazine rings is 1. The van der Waals surface area contributed by atoms with Crippen LogP contribution in [-0.2, 0) is 9.53 Å². The summed E-state index contributed by atoms with van der Waals surface area (Å²) in [5, 5.41) is 3.62. The van der Waals surface area contributed by atoms with Gasteiger partial charge in [0.05, 0.1) is 12.1 Å². The zero-order chi connectivity index (χ0) is 21.2. The van der Waals surface area contributed by atoms with Crippen molar-refractivity contribution in [1.29, 1.82) is 0 Å². The number of methoxy groups -OCH3 is 1. The van der Waals surface area contributed by atoms with Gasteiger partial charge in [0.1, 0.15) is 5.03 Å². The molecule has 0 saturated carbocycles. The van der Waals surface area contributed by atoms with Crippen LogP contribution in [0.3, 0.4) is 0 Å². The van der Waals surface area contributed by atoms with Crippen LogP contribution in [0.1, 0.15) is 16.8 Å². The molecule has 1 fully saturated rings. The van der Waals surface area contributed by atoms with Crippen LogP contribution in [-0.4, -0.2) is 79.6 Å². The molecule has 1 N–H and O–H groups in total. The van der Waals surface area contributed by atoms with Crippen LogP contribution >= 0.6 is 11.8 Å². The molecule has 0 radical (unpaired) electrons. The summed E-state index contributed by atoms with van der Waals surface area (Å²) in [6, 6.07) is 13.6. The third kappa shape index (κ3) is 6.55. The number of hydrogen-bond donors (Lipinski definition) is 1. The van der Waals surface area contributed by atoms with Crippen molar-refractivity contribution in [1.82, 2.24) is 20.1 Å². The van der Waals surface area contributed by atoms with Crippen LogP contribution in [0.15, 0.2) is 58.6 Å². The average Bonchev–Trinajstić information content (AvgIpc) is 2.78. The summed E-state index contributed by atoms with van der Waals surface area (Å²) in [5.74, 6) is 0.00452. The SMILES string of the molecule is COCCCNC(=O)CN1CCN(C(=O)c2cccnc2Sc2ccccc2)CC1. The molecule has 3 rings (SSSR count). The van der Waals surface area contributed by atoms with E-state index in [2.05, 4.69) is 15.2 Å². The lowest BCUT2D eigenvalue weighted by atomic mass is 10.2. The van der Waals surface area contributed by atoms with Gasteiger partial charge in [-0.15, -0.1) is 0 Å². The van der Waals surface area contributed by atoms with Crippen LogP contribution in [0, 0.1) is 0 Å². The molecule has 0 bridgehead atoms. The Balaban J connectivity index is 1.51. The first kappa shape index (κ1) is 22.3. The number of pyridine rings is 1. The maximum atomic E-state index is 13.1. The number of benzene rings is 1. The summed E-state index contributed by atoms with van der Waals surface area (Å²) in [6.07, 6.45) is 2.52. The monoisotopic (exact) mass is 428 g/mol. The number of nitrogens with one attached hydrogen (secondary N) is 1. The normalized spacial score (nSPS) is 14.5. The van der Waals surface area contributed by atoms with Gasteiger partial charge in [-0.3, -0.25) is 14.5 Å². The third-order valence-corrected chi connectivity index (χ3v) is 5.86. The lowest BCUT2D eigenvalue weighted by Gasteiger charge is -2.34. The van der Waals surface area contributed by atoms with Gasteiger partial charge in [-0.05, 0) is 30.7 Å². The van der Waals surface area contributed by atoms with Gasteiger partial charge >= 0.3 is 0 Å². The number of carbonyl (C=O) groups is 2. The molecule has 0 unspecified atom stereocenters. The largest absolute Gasteiger partial charge is 0.385 e. The number of rotatable bonds is 9. The zero-order valence-electron chi connectivity index (χ0n) is 17.3. The summed E-state index contributed by atoms with van der Waals surface area (Å²) in [7, 11) is 1.65. The maximum absolute atomic E-state index is 13.1. The molecule has 1 saturated heterocycles. The fourth-order valence-electron chi connectivity index (χ4n) is 3.22. The molecule has 2 amide bonds. The van der Waals surface area contributed by atoms with Gasteiger partial charge < -0.3 is 15.0 Å². The Bertz CT molecular complexity index is 826. The quantitative estimate of drug-likeness (QED) is 0.617. The van der Waals surface area contributed by atoms with E-state index in [0.29, 0.717) is 56.5 Å². The number of amides is 2. The highest BCUT2D eigenvalue weighted by Crippen LogP contribution is 2.29. The molecule has 1 aliphatic heterocycles. The lowest BCUT2D eigenvalue weighted by Crippen LogP contribution is -2.51. The molecule has 1 aromatic carbocycles. The van der Waals surface area contributed by atoms with Crippen molar-refractivity contribution >= 4 is 23.6 Å². The first-order valence-corrected chi connectivity index (χ1v) is 10.9. The molecule has 2 heterocycles. The van der Waals surface area contributed by atoms with E-state index in [9.17, 15) is 9.59 Å². The first-order chi connectivity index (χ1) is 14.7. The molecule has 1 aliphatic rings. The smallest absolute Gasteiger partial charge is 0.256 e. The molecule has 0 spiro atoms. The fraction of sp³-hybridized carbons (Fsp3) is 0.409. The van der Waals surface area contributed by atoms with Crippen molar-refractivity contribution in [3.8, 4) is 0 Å². The minimum atomic E-state index is -0.00908. The van der Waals surface area contributed by atoms with E-state index >= 15 is 0 Å². The highest BCUT2D eigenvalue weighted by molar-refractivity contribution is 7.99. The topological polar surface area (TPSA) is 74.8 Å². The van der Waals surface area contributed by atoms with Gasteiger partial charge in [-0.1, -0.05) is 30.0 Å². The second-order valence-electron chi connectivity index (χ2n) is 7.04. The van der Waals surface area contributed by atoms with Crippen molar-refractivity contribution in [3.63, 3.8) is 0 Å². The summed E-state index contributed by atoms with van der Waals surface area (Å²) in [6.45, 7) is 4.17. The Morgan fingerprint density at radius 1 is 1.10 bits per heavy atom. The van der Waals surface area contributed by atoms with Crippen LogP contribution in [0.4, 0.5) is 0 Å². The van der Waals surface area contributed by atoms with E-state index in [1.165, 1.54) is 11.8 Å². The number of ether oxygens (including phenoxy) is 1. The lowest BCUT2D eigenvalue weighted by molar-refractivity contribution is -0.122. The average molecular weight is 429 g/mol. The van der Waals surface area contributed by atoms with Gasteiger partial charge in [0.2, 0.25) is 5.91 Å². The maximum Gasteiger partial charge on any atom is 0.256 e. The minimum Gasteiger partial charge on any atom is -0.385 e. The Morgan fingerprint density at radius 3 is 2.60 bits per heavy atom.